The monoisotopic (exact) mass is 389 g/mol. The van der Waals surface area contributed by atoms with Crippen LogP contribution in [0, 0.1) is 28.9 Å². The summed E-state index contributed by atoms with van der Waals surface area (Å²) in [5, 5.41) is 5.44. The van der Waals surface area contributed by atoms with Gasteiger partial charge in [0.25, 0.3) is 0 Å². The molecule has 1 saturated carbocycles. The third-order valence-corrected chi connectivity index (χ3v) is 7.03. The first-order valence-electron chi connectivity index (χ1n) is 10.3. The Labute approximate surface area is 165 Å². The topological polar surface area (TPSA) is 44.4 Å². The van der Waals surface area contributed by atoms with Gasteiger partial charge in [0.15, 0.2) is 0 Å². The summed E-state index contributed by atoms with van der Waals surface area (Å²) in [5.74, 6) is 0.184. The smallest absolute Gasteiger partial charge is 0.319 e. The number of halogens is 2. The molecule has 2 fully saturated rings. The minimum atomic E-state index is -0.707. The van der Waals surface area contributed by atoms with Crippen LogP contribution in [0.4, 0.5) is 19.3 Å². The van der Waals surface area contributed by atoms with Gasteiger partial charge in [0.2, 0.25) is 0 Å². The summed E-state index contributed by atoms with van der Waals surface area (Å²) in [6.45, 7) is 7.75. The lowest BCUT2D eigenvalue weighted by Crippen LogP contribution is -2.51. The van der Waals surface area contributed by atoms with E-state index in [4.69, 9.17) is 0 Å². The molecule has 152 valence electrons. The molecule has 1 heterocycles. The molecule has 5 rings (SSSR count). The molecule has 2 amide bonds. The first-order valence-corrected chi connectivity index (χ1v) is 10.3. The van der Waals surface area contributed by atoms with Crippen molar-refractivity contribution in [1.29, 1.82) is 0 Å². The number of anilines is 1. The fourth-order valence-corrected chi connectivity index (χ4v) is 5.13. The minimum Gasteiger partial charge on any atom is -0.335 e. The number of rotatable bonds is 4. The van der Waals surface area contributed by atoms with E-state index in [9.17, 15) is 13.6 Å². The number of nitrogens with zero attached hydrogens (tertiary/aromatic N) is 1. The molecule has 1 aliphatic heterocycles. The van der Waals surface area contributed by atoms with Gasteiger partial charge in [0, 0.05) is 37.4 Å². The van der Waals surface area contributed by atoms with Crippen molar-refractivity contribution >= 4 is 11.7 Å². The summed E-state index contributed by atoms with van der Waals surface area (Å²) < 4.78 is 26.5. The molecule has 4 nitrogen and oxygen atoms in total. The molecule has 28 heavy (non-hydrogen) atoms. The highest BCUT2D eigenvalue weighted by molar-refractivity contribution is 5.89. The number of amides is 2. The standard InChI is InChI=1S/C22H29F2N3O/c1-22(2)15-4-3-14(20(22)9-15)13-27-7-5-18(6-8-27)25-21(28)26-19-11-16(23)10-17(24)12-19/h3,10-12,15,18,20H,4-9,13H2,1-2H3,(H2,25,26,28)/t15-,20-/m0/s1. The van der Waals surface area contributed by atoms with E-state index in [-0.39, 0.29) is 11.7 Å². The van der Waals surface area contributed by atoms with Crippen LogP contribution in [0.15, 0.2) is 29.8 Å². The fourth-order valence-electron chi connectivity index (χ4n) is 5.13. The number of urea groups is 1. The van der Waals surface area contributed by atoms with Gasteiger partial charge in [-0.25, -0.2) is 13.6 Å². The van der Waals surface area contributed by atoms with Crippen molar-refractivity contribution in [1.82, 2.24) is 10.2 Å². The summed E-state index contributed by atoms with van der Waals surface area (Å²) in [5.41, 5.74) is 2.18. The van der Waals surface area contributed by atoms with Crippen molar-refractivity contribution in [3.05, 3.63) is 41.5 Å². The Balaban J connectivity index is 1.23. The molecule has 0 aromatic heterocycles. The maximum absolute atomic E-state index is 13.2. The summed E-state index contributed by atoms with van der Waals surface area (Å²) in [4.78, 5) is 14.6. The van der Waals surface area contributed by atoms with Crippen molar-refractivity contribution in [2.24, 2.45) is 17.3 Å². The van der Waals surface area contributed by atoms with Gasteiger partial charge in [-0.15, -0.1) is 0 Å². The molecule has 1 saturated heterocycles. The van der Waals surface area contributed by atoms with E-state index in [1.54, 1.807) is 5.57 Å². The van der Waals surface area contributed by atoms with Crippen LogP contribution >= 0.6 is 0 Å². The van der Waals surface area contributed by atoms with Crippen molar-refractivity contribution in [3.63, 3.8) is 0 Å². The normalized spacial score (nSPS) is 26.9. The number of hydrogen-bond acceptors (Lipinski definition) is 2. The number of carbonyl (C=O) groups excluding carboxylic acids is 1. The predicted molar refractivity (Wildman–Crippen MR) is 106 cm³/mol. The van der Waals surface area contributed by atoms with Crippen molar-refractivity contribution in [2.45, 2.75) is 45.6 Å². The van der Waals surface area contributed by atoms with Gasteiger partial charge in [-0.2, -0.15) is 0 Å². The van der Waals surface area contributed by atoms with Gasteiger partial charge < -0.3 is 10.6 Å². The number of allylic oxidation sites excluding steroid dienone is 1. The van der Waals surface area contributed by atoms with E-state index in [1.807, 2.05) is 0 Å². The number of carbonyl (C=O) groups is 1. The maximum Gasteiger partial charge on any atom is 0.319 e. The van der Waals surface area contributed by atoms with E-state index < -0.39 is 17.7 Å². The fraction of sp³-hybridized carbons (Fsp3) is 0.591. The van der Waals surface area contributed by atoms with E-state index in [0.717, 1.165) is 62.5 Å². The Kier molecular flexibility index (Phi) is 5.17. The molecule has 0 unspecified atom stereocenters. The highest BCUT2D eigenvalue weighted by Gasteiger charge is 2.51. The minimum absolute atomic E-state index is 0.0829. The highest BCUT2D eigenvalue weighted by Crippen LogP contribution is 2.59. The third-order valence-electron chi connectivity index (χ3n) is 7.03. The summed E-state index contributed by atoms with van der Waals surface area (Å²) in [6.07, 6.45) is 6.79. The van der Waals surface area contributed by atoms with Gasteiger partial charge in [0.1, 0.15) is 11.6 Å². The number of likely N-dealkylation sites (tertiary alicyclic amines) is 1. The second-order valence-electron chi connectivity index (χ2n) is 9.13. The summed E-state index contributed by atoms with van der Waals surface area (Å²) in [6, 6.07) is 2.66. The van der Waals surface area contributed by atoms with Crippen LogP contribution in [0.2, 0.25) is 0 Å². The molecule has 0 radical (unpaired) electrons. The quantitative estimate of drug-likeness (QED) is 0.743. The van der Waals surface area contributed by atoms with Crippen molar-refractivity contribution in [2.75, 3.05) is 25.0 Å². The average molecular weight is 389 g/mol. The Morgan fingerprint density at radius 2 is 1.86 bits per heavy atom. The number of nitrogens with one attached hydrogen (secondary N) is 2. The SMILES string of the molecule is CC1(C)[C@H]2CC=C(CN3CCC(NC(=O)Nc4cc(F)cc(F)c4)CC3)[C@@H]1C2. The van der Waals surface area contributed by atoms with Crippen molar-refractivity contribution in [3.8, 4) is 0 Å². The Hall–Kier alpha value is -1.95. The van der Waals surface area contributed by atoms with Crippen molar-refractivity contribution < 1.29 is 13.6 Å². The van der Waals surface area contributed by atoms with Gasteiger partial charge in [0.05, 0.1) is 0 Å². The first-order chi connectivity index (χ1) is 13.3. The molecular formula is C22H29F2N3O. The lowest BCUT2D eigenvalue weighted by atomic mass is 9.49. The lowest BCUT2D eigenvalue weighted by Gasteiger charge is -2.57. The van der Waals surface area contributed by atoms with Gasteiger partial charge in [-0.05, 0) is 55.1 Å². The lowest BCUT2D eigenvalue weighted by molar-refractivity contribution is -0.0113. The predicted octanol–water partition coefficient (Wildman–Crippen LogP) is 4.54. The Morgan fingerprint density at radius 3 is 2.46 bits per heavy atom. The summed E-state index contributed by atoms with van der Waals surface area (Å²) >= 11 is 0. The average Bonchev–Trinajstić information content (AvgIpc) is 2.62. The number of piperidine rings is 1. The molecule has 4 aliphatic rings. The van der Waals surface area contributed by atoms with Crippen LogP contribution in [-0.4, -0.2) is 36.6 Å². The largest absolute Gasteiger partial charge is 0.335 e. The molecule has 1 aromatic carbocycles. The molecule has 2 bridgehead atoms. The first kappa shape index (κ1) is 19.4. The molecule has 2 N–H and O–H groups in total. The summed E-state index contributed by atoms with van der Waals surface area (Å²) in [7, 11) is 0. The number of fused-ring (bicyclic) bond motifs is 1. The maximum atomic E-state index is 13.2. The van der Waals surface area contributed by atoms with Gasteiger partial charge in [-0.1, -0.05) is 25.5 Å². The van der Waals surface area contributed by atoms with Crippen LogP contribution in [-0.2, 0) is 0 Å². The van der Waals surface area contributed by atoms with E-state index in [1.165, 1.54) is 12.8 Å². The number of hydrogen-bond donors (Lipinski definition) is 2. The van der Waals surface area contributed by atoms with Gasteiger partial charge in [-0.3, -0.25) is 4.90 Å². The van der Waals surface area contributed by atoms with E-state index in [2.05, 4.69) is 35.5 Å². The molecule has 3 aliphatic carbocycles. The second kappa shape index (κ2) is 7.47. The van der Waals surface area contributed by atoms with Crippen LogP contribution < -0.4 is 10.6 Å². The molecular weight excluding hydrogens is 360 g/mol. The van der Waals surface area contributed by atoms with Crippen LogP contribution in [0.3, 0.4) is 0 Å². The highest BCUT2D eigenvalue weighted by atomic mass is 19.1. The van der Waals surface area contributed by atoms with E-state index in [0.29, 0.717) is 5.41 Å². The zero-order chi connectivity index (χ0) is 19.9. The molecule has 0 spiro atoms. The molecule has 6 heteroatoms. The number of benzene rings is 1. The van der Waals surface area contributed by atoms with Crippen LogP contribution in [0.5, 0.6) is 0 Å². The van der Waals surface area contributed by atoms with E-state index >= 15 is 0 Å². The third kappa shape index (κ3) is 3.93. The van der Waals surface area contributed by atoms with Gasteiger partial charge >= 0.3 is 6.03 Å². The molecule has 2 atom stereocenters. The second-order valence-corrected chi connectivity index (χ2v) is 9.13. The van der Waals surface area contributed by atoms with Crippen LogP contribution in [0.1, 0.15) is 39.5 Å². The molecule has 1 aromatic rings. The van der Waals surface area contributed by atoms with Crippen LogP contribution in [0.25, 0.3) is 0 Å². The zero-order valence-corrected chi connectivity index (χ0v) is 16.6. The Bertz CT molecular complexity index is 764. The zero-order valence-electron chi connectivity index (χ0n) is 16.6. The Morgan fingerprint density at radius 1 is 1.18 bits per heavy atom.